The molecule has 0 fully saturated rings. The number of benzene rings is 2. The molecular formula is C21H24N4OS. The lowest BCUT2D eigenvalue weighted by Gasteiger charge is -2.12. The first-order chi connectivity index (χ1) is 12.9. The maximum absolute atomic E-state index is 12.7. The van der Waals surface area contributed by atoms with Crippen LogP contribution in [-0.4, -0.2) is 14.8 Å². The molecule has 27 heavy (non-hydrogen) atoms. The summed E-state index contributed by atoms with van der Waals surface area (Å²) in [5, 5.41) is 12.1. The van der Waals surface area contributed by atoms with E-state index >= 15 is 0 Å². The average Bonchev–Trinajstić information content (AvgIpc) is 2.63. The molecule has 0 aliphatic rings. The second kappa shape index (κ2) is 7.96. The van der Waals surface area contributed by atoms with Crippen LogP contribution in [0.4, 0.5) is 11.5 Å². The predicted molar refractivity (Wildman–Crippen MR) is 112 cm³/mol. The van der Waals surface area contributed by atoms with Crippen LogP contribution in [0.2, 0.25) is 0 Å². The first kappa shape index (κ1) is 19.2. The molecule has 1 aromatic heterocycles. The summed E-state index contributed by atoms with van der Waals surface area (Å²) in [5.41, 5.74) is 6.66. The van der Waals surface area contributed by atoms with Crippen molar-refractivity contribution in [1.29, 1.82) is 0 Å². The fourth-order valence-electron chi connectivity index (χ4n) is 2.82. The summed E-state index contributed by atoms with van der Waals surface area (Å²) in [6.07, 6.45) is 0. The van der Waals surface area contributed by atoms with Gasteiger partial charge in [-0.2, -0.15) is 0 Å². The minimum absolute atomic E-state index is 0.186. The maximum Gasteiger partial charge on any atom is 0.297 e. The number of thioether (sulfide) groups is 1. The largest absolute Gasteiger partial charge is 0.334 e. The van der Waals surface area contributed by atoms with Gasteiger partial charge in [0.1, 0.15) is 0 Å². The topological polar surface area (TPSA) is 59.8 Å². The van der Waals surface area contributed by atoms with Gasteiger partial charge in [0, 0.05) is 18.5 Å². The van der Waals surface area contributed by atoms with Crippen molar-refractivity contribution in [3.05, 3.63) is 74.6 Å². The van der Waals surface area contributed by atoms with Gasteiger partial charge in [0.2, 0.25) is 5.82 Å². The molecule has 3 aromatic rings. The first-order valence-corrected chi connectivity index (χ1v) is 9.81. The van der Waals surface area contributed by atoms with Crippen molar-refractivity contribution in [2.24, 2.45) is 7.05 Å². The molecule has 0 atom stereocenters. The number of aromatic nitrogens is 3. The molecule has 0 bridgehead atoms. The standard InChI is InChI=1S/C21H24N4OS/c1-13-9-10-17(15(3)11-13)12-27-21-24-23-19(20(26)25(21)5)22-18-8-6-7-14(2)16(18)4/h6-11H,12H2,1-5H3,(H,22,23). The van der Waals surface area contributed by atoms with Gasteiger partial charge in [-0.05, 0) is 56.0 Å². The number of nitrogens with zero attached hydrogens (tertiary/aromatic N) is 3. The second-order valence-corrected chi connectivity index (χ2v) is 7.73. The van der Waals surface area contributed by atoms with Gasteiger partial charge in [-0.15, -0.1) is 10.2 Å². The Morgan fingerprint density at radius 2 is 1.81 bits per heavy atom. The zero-order valence-electron chi connectivity index (χ0n) is 16.3. The van der Waals surface area contributed by atoms with Gasteiger partial charge >= 0.3 is 0 Å². The van der Waals surface area contributed by atoms with E-state index in [1.807, 2.05) is 32.0 Å². The number of aryl methyl sites for hydroxylation is 3. The first-order valence-electron chi connectivity index (χ1n) is 8.82. The van der Waals surface area contributed by atoms with E-state index in [1.54, 1.807) is 11.6 Å². The van der Waals surface area contributed by atoms with Gasteiger partial charge < -0.3 is 5.32 Å². The van der Waals surface area contributed by atoms with Crippen LogP contribution in [0.5, 0.6) is 0 Å². The zero-order valence-corrected chi connectivity index (χ0v) is 17.1. The van der Waals surface area contributed by atoms with E-state index < -0.39 is 0 Å². The van der Waals surface area contributed by atoms with E-state index in [2.05, 4.69) is 47.6 Å². The quantitative estimate of drug-likeness (QED) is 0.663. The summed E-state index contributed by atoms with van der Waals surface area (Å²) in [5.74, 6) is 0.986. The second-order valence-electron chi connectivity index (χ2n) is 6.79. The maximum atomic E-state index is 12.7. The van der Waals surface area contributed by atoms with E-state index in [1.165, 1.54) is 28.5 Å². The zero-order chi connectivity index (χ0) is 19.6. The van der Waals surface area contributed by atoms with Crippen LogP contribution in [-0.2, 0) is 12.8 Å². The van der Waals surface area contributed by atoms with E-state index in [4.69, 9.17) is 0 Å². The highest BCUT2D eigenvalue weighted by Gasteiger charge is 2.12. The molecule has 3 rings (SSSR count). The van der Waals surface area contributed by atoms with Gasteiger partial charge in [0.05, 0.1) is 0 Å². The van der Waals surface area contributed by atoms with Gasteiger partial charge in [-0.25, -0.2) is 0 Å². The van der Waals surface area contributed by atoms with Crippen LogP contribution in [0.15, 0.2) is 46.3 Å². The monoisotopic (exact) mass is 380 g/mol. The van der Waals surface area contributed by atoms with Crippen molar-refractivity contribution < 1.29 is 0 Å². The fraction of sp³-hybridized carbons (Fsp3) is 0.286. The molecule has 2 aromatic carbocycles. The molecule has 1 N–H and O–H groups in total. The van der Waals surface area contributed by atoms with Crippen LogP contribution in [0, 0.1) is 27.7 Å². The smallest absolute Gasteiger partial charge is 0.297 e. The van der Waals surface area contributed by atoms with Crippen LogP contribution in [0.1, 0.15) is 27.8 Å². The molecule has 140 valence electrons. The SMILES string of the molecule is Cc1ccc(CSc2nnc(Nc3cccc(C)c3C)c(=O)n2C)c(C)c1. The summed E-state index contributed by atoms with van der Waals surface area (Å²) < 4.78 is 1.55. The third kappa shape index (κ3) is 4.22. The minimum Gasteiger partial charge on any atom is -0.334 e. The van der Waals surface area contributed by atoms with Crippen molar-refractivity contribution in [2.45, 2.75) is 38.6 Å². The molecule has 0 spiro atoms. The summed E-state index contributed by atoms with van der Waals surface area (Å²) in [6.45, 7) is 8.24. The summed E-state index contributed by atoms with van der Waals surface area (Å²) >= 11 is 1.52. The van der Waals surface area contributed by atoms with Gasteiger partial charge in [0.25, 0.3) is 5.56 Å². The Morgan fingerprint density at radius 3 is 2.56 bits per heavy atom. The van der Waals surface area contributed by atoms with Crippen LogP contribution in [0.3, 0.4) is 0 Å². The number of nitrogens with one attached hydrogen (secondary N) is 1. The number of hydrogen-bond donors (Lipinski definition) is 1. The Labute approximate surface area is 163 Å². The highest BCUT2D eigenvalue weighted by molar-refractivity contribution is 7.98. The van der Waals surface area contributed by atoms with E-state index in [-0.39, 0.29) is 11.4 Å². The summed E-state index contributed by atoms with van der Waals surface area (Å²) in [6, 6.07) is 12.3. The fourth-order valence-corrected chi connectivity index (χ4v) is 3.80. The molecule has 0 aliphatic heterocycles. The molecule has 0 amide bonds. The van der Waals surface area contributed by atoms with Gasteiger partial charge in [-0.1, -0.05) is 47.7 Å². The molecule has 5 nitrogen and oxygen atoms in total. The predicted octanol–water partition coefficient (Wildman–Crippen LogP) is 4.44. The third-order valence-electron chi connectivity index (χ3n) is 4.74. The van der Waals surface area contributed by atoms with Crippen LogP contribution >= 0.6 is 11.8 Å². The highest BCUT2D eigenvalue weighted by Crippen LogP contribution is 2.23. The van der Waals surface area contributed by atoms with Crippen LogP contribution < -0.4 is 10.9 Å². The lowest BCUT2D eigenvalue weighted by Crippen LogP contribution is -2.24. The molecule has 0 radical (unpaired) electrons. The number of hydrogen-bond acceptors (Lipinski definition) is 5. The Kier molecular flexibility index (Phi) is 5.65. The van der Waals surface area contributed by atoms with Crippen molar-refractivity contribution in [1.82, 2.24) is 14.8 Å². The average molecular weight is 381 g/mol. The summed E-state index contributed by atoms with van der Waals surface area (Å²) in [4.78, 5) is 12.7. The van der Waals surface area contributed by atoms with Crippen LogP contribution in [0.25, 0.3) is 0 Å². The van der Waals surface area contributed by atoms with Gasteiger partial charge in [-0.3, -0.25) is 9.36 Å². The highest BCUT2D eigenvalue weighted by atomic mass is 32.2. The van der Waals surface area contributed by atoms with E-state index in [9.17, 15) is 4.79 Å². The van der Waals surface area contributed by atoms with E-state index in [0.717, 1.165) is 22.6 Å². The third-order valence-corrected chi connectivity index (χ3v) is 5.81. The van der Waals surface area contributed by atoms with Gasteiger partial charge in [0.15, 0.2) is 5.16 Å². The molecular weight excluding hydrogens is 356 g/mol. The molecule has 1 heterocycles. The van der Waals surface area contributed by atoms with Crippen molar-refractivity contribution in [3.63, 3.8) is 0 Å². The van der Waals surface area contributed by atoms with Crippen molar-refractivity contribution in [3.8, 4) is 0 Å². The Morgan fingerprint density at radius 1 is 1.04 bits per heavy atom. The molecule has 0 saturated heterocycles. The van der Waals surface area contributed by atoms with E-state index in [0.29, 0.717) is 5.16 Å². The molecule has 6 heteroatoms. The normalized spacial score (nSPS) is 10.9. The molecule has 0 unspecified atom stereocenters. The number of anilines is 2. The Balaban J connectivity index is 1.80. The molecule has 0 aliphatic carbocycles. The van der Waals surface area contributed by atoms with Crippen molar-refractivity contribution in [2.75, 3.05) is 5.32 Å². The van der Waals surface area contributed by atoms with Crippen molar-refractivity contribution >= 4 is 23.3 Å². The Bertz CT molecular complexity index is 1040. The lowest BCUT2D eigenvalue weighted by atomic mass is 10.1. The Hall–Kier alpha value is -2.60. The minimum atomic E-state index is -0.186. The lowest BCUT2D eigenvalue weighted by molar-refractivity contribution is 0.666. The summed E-state index contributed by atoms with van der Waals surface area (Å²) in [7, 11) is 1.73. The molecule has 0 saturated carbocycles. The number of rotatable bonds is 5.